The van der Waals surface area contributed by atoms with Gasteiger partial charge in [0.2, 0.25) is 0 Å². The predicted octanol–water partition coefficient (Wildman–Crippen LogP) is 3.02. The zero-order chi connectivity index (χ0) is 14.7. The first kappa shape index (κ1) is 14.4. The number of hydrogen-bond donors (Lipinski definition) is 3. The van der Waals surface area contributed by atoms with Gasteiger partial charge in [-0.25, -0.2) is 0 Å². The highest BCUT2D eigenvalue weighted by Gasteiger charge is 2.18. The van der Waals surface area contributed by atoms with E-state index in [1.807, 2.05) is 6.07 Å². The summed E-state index contributed by atoms with van der Waals surface area (Å²) in [5.74, 6) is 0.128. The summed E-state index contributed by atoms with van der Waals surface area (Å²) in [5, 5.41) is 16.8. The monoisotopic (exact) mass is 302 g/mol. The molecule has 0 aromatic heterocycles. The highest BCUT2D eigenvalue weighted by Crippen LogP contribution is 2.24. The summed E-state index contributed by atoms with van der Waals surface area (Å²) in [7, 11) is 0. The van der Waals surface area contributed by atoms with Crippen LogP contribution in [0.25, 0.3) is 0 Å². The van der Waals surface area contributed by atoms with E-state index in [2.05, 4.69) is 34.9 Å². The second-order valence-corrected chi connectivity index (χ2v) is 5.78. The first-order valence-corrected chi connectivity index (χ1v) is 7.61. The second-order valence-electron chi connectivity index (χ2n) is 5.37. The molecule has 2 aromatic rings. The number of benzene rings is 2. The number of fused-ring (bicyclic) bond motifs is 1. The van der Waals surface area contributed by atoms with Gasteiger partial charge in [-0.3, -0.25) is 0 Å². The van der Waals surface area contributed by atoms with Crippen LogP contribution in [0.1, 0.15) is 22.7 Å². The van der Waals surface area contributed by atoms with Crippen LogP contribution in [-0.2, 0) is 13.0 Å². The van der Waals surface area contributed by atoms with Gasteiger partial charge in [0.15, 0.2) is 0 Å². The predicted molar refractivity (Wildman–Crippen MR) is 85.7 cm³/mol. The lowest BCUT2D eigenvalue weighted by Crippen LogP contribution is -2.36. The molecular weight excluding hydrogens is 284 g/mol. The summed E-state index contributed by atoms with van der Waals surface area (Å²) in [5.41, 5.74) is 3.90. The van der Waals surface area contributed by atoms with Gasteiger partial charge in [0, 0.05) is 19.1 Å². The smallest absolute Gasteiger partial charge is 0.134 e. The average molecular weight is 303 g/mol. The van der Waals surface area contributed by atoms with Crippen molar-refractivity contribution in [3.63, 3.8) is 0 Å². The standard InChI is InChI=1S/C17H19ClN2O/c18-15-9-12(5-6-17(15)21)10-19-11-16-14-4-2-1-3-13(14)7-8-20-16/h1-6,9,16,19-21H,7-8,10-11H2/t16-/m1/s1. The van der Waals surface area contributed by atoms with Crippen molar-refractivity contribution in [3.8, 4) is 5.75 Å². The van der Waals surface area contributed by atoms with E-state index in [4.69, 9.17) is 11.6 Å². The summed E-state index contributed by atoms with van der Waals surface area (Å²) >= 11 is 5.92. The third-order valence-corrected chi connectivity index (χ3v) is 4.21. The number of phenolic OH excluding ortho intramolecular Hbond substituents is 1. The molecule has 2 aromatic carbocycles. The lowest BCUT2D eigenvalue weighted by Gasteiger charge is -2.27. The van der Waals surface area contributed by atoms with Crippen molar-refractivity contribution in [2.24, 2.45) is 0 Å². The van der Waals surface area contributed by atoms with Crippen molar-refractivity contribution in [3.05, 3.63) is 64.2 Å². The van der Waals surface area contributed by atoms with Crippen molar-refractivity contribution in [2.75, 3.05) is 13.1 Å². The fraction of sp³-hybridized carbons (Fsp3) is 0.294. The Morgan fingerprint density at radius 1 is 1.24 bits per heavy atom. The molecular formula is C17H19ClN2O. The summed E-state index contributed by atoms with van der Waals surface area (Å²) in [6.45, 7) is 2.63. The first-order chi connectivity index (χ1) is 10.2. The number of rotatable bonds is 4. The first-order valence-electron chi connectivity index (χ1n) is 7.23. The van der Waals surface area contributed by atoms with E-state index in [9.17, 15) is 5.11 Å². The molecule has 0 aliphatic carbocycles. The fourth-order valence-electron chi connectivity index (χ4n) is 2.80. The molecule has 0 radical (unpaired) electrons. The number of nitrogens with one attached hydrogen (secondary N) is 2. The average Bonchev–Trinajstić information content (AvgIpc) is 2.51. The molecule has 110 valence electrons. The minimum atomic E-state index is 0.128. The zero-order valence-corrected chi connectivity index (χ0v) is 12.5. The quantitative estimate of drug-likeness (QED) is 0.813. The Morgan fingerprint density at radius 3 is 2.95 bits per heavy atom. The van der Waals surface area contributed by atoms with Gasteiger partial charge in [-0.1, -0.05) is 41.9 Å². The molecule has 3 rings (SSSR count). The number of aromatic hydroxyl groups is 1. The van der Waals surface area contributed by atoms with Crippen LogP contribution >= 0.6 is 11.6 Å². The summed E-state index contributed by atoms with van der Waals surface area (Å²) in [4.78, 5) is 0. The Morgan fingerprint density at radius 2 is 2.10 bits per heavy atom. The van der Waals surface area contributed by atoms with Gasteiger partial charge < -0.3 is 15.7 Å². The summed E-state index contributed by atoms with van der Waals surface area (Å²) < 4.78 is 0. The fourth-order valence-corrected chi connectivity index (χ4v) is 3.00. The number of phenols is 1. The molecule has 0 spiro atoms. The molecule has 0 amide bonds. The molecule has 0 saturated carbocycles. The normalized spacial score (nSPS) is 17.5. The Labute approximate surface area is 130 Å². The topological polar surface area (TPSA) is 44.3 Å². The van der Waals surface area contributed by atoms with E-state index in [0.717, 1.165) is 31.6 Å². The van der Waals surface area contributed by atoms with Gasteiger partial charge in [-0.2, -0.15) is 0 Å². The largest absolute Gasteiger partial charge is 0.506 e. The minimum absolute atomic E-state index is 0.128. The lowest BCUT2D eigenvalue weighted by atomic mass is 9.94. The summed E-state index contributed by atoms with van der Waals surface area (Å²) in [6.07, 6.45) is 1.10. The second kappa shape index (κ2) is 6.48. The van der Waals surface area contributed by atoms with Crippen LogP contribution in [0.15, 0.2) is 42.5 Å². The molecule has 0 saturated heterocycles. The van der Waals surface area contributed by atoms with Crippen LogP contribution in [-0.4, -0.2) is 18.2 Å². The molecule has 0 bridgehead atoms. The number of hydrogen-bond acceptors (Lipinski definition) is 3. The zero-order valence-electron chi connectivity index (χ0n) is 11.8. The molecule has 3 N–H and O–H groups in total. The van der Waals surface area contributed by atoms with Crippen LogP contribution < -0.4 is 10.6 Å². The third kappa shape index (κ3) is 3.38. The highest BCUT2D eigenvalue weighted by molar-refractivity contribution is 6.32. The molecule has 1 atom stereocenters. The van der Waals surface area contributed by atoms with E-state index in [1.54, 1.807) is 12.1 Å². The van der Waals surface area contributed by atoms with Crippen LogP contribution in [0.2, 0.25) is 5.02 Å². The maximum Gasteiger partial charge on any atom is 0.134 e. The van der Waals surface area contributed by atoms with Gasteiger partial charge >= 0.3 is 0 Å². The Bertz CT molecular complexity index is 630. The maximum atomic E-state index is 9.42. The SMILES string of the molecule is Oc1ccc(CNC[C@H]2NCCc3ccccc32)cc1Cl. The van der Waals surface area contributed by atoms with E-state index >= 15 is 0 Å². The molecule has 1 heterocycles. The molecule has 1 aliphatic rings. The number of halogens is 1. The van der Waals surface area contributed by atoms with Crippen molar-refractivity contribution in [1.82, 2.24) is 10.6 Å². The van der Waals surface area contributed by atoms with Crippen LogP contribution in [0, 0.1) is 0 Å². The molecule has 1 aliphatic heterocycles. The van der Waals surface area contributed by atoms with Crippen LogP contribution in [0.4, 0.5) is 0 Å². The highest BCUT2D eigenvalue weighted by atomic mass is 35.5. The Balaban J connectivity index is 1.60. The van der Waals surface area contributed by atoms with Crippen LogP contribution in [0.3, 0.4) is 0 Å². The van der Waals surface area contributed by atoms with Crippen molar-refractivity contribution in [2.45, 2.75) is 19.0 Å². The van der Waals surface area contributed by atoms with Crippen LogP contribution in [0.5, 0.6) is 5.75 Å². The van der Waals surface area contributed by atoms with Gasteiger partial charge in [0.25, 0.3) is 0 Å². The van der Waals surface area contributed by atoms with E-state index in [-0.39, 0.29) is 5.75 Å². The molecule has 3 nitrogen and oxygen atoms in total. The lowest BCUT2D eigenvalue weighted by molar-refractivity contribution is 0.466. The van der Waals surface area contributed by atoms with Crippen molar-refractivity contribution < 1.29 is 5.11 Å². The van der Waals surface area contributed by atoms with Gasteiger partial charge in [0.05, 0.1) is 5.02 Å². The summed E-state index contributed by atoms with van der Waals surface area (Å²) in [6, 6.07) is 14.3. The Kier molecular flexibility index (Phi) is 4.44. The maximum absolute atomic E-state index is 9.42. The Hall–Kier alpha value is -1.55. The van der Waals surface area contributed by atoms with E-state index in [0.29, 0.717) is 11.1 Å². The van der Waals surface area contributed by atoms with Gasteiger partial charge in [-0.15, -0.1) is 0 Å². The van der Waals surface area contributed by atoms with E-state index in [1.165, 1.54) is 11.1 Å². The third-order valence-electron chi connectivity index (χ3n) is 3.91. The van der Waals surface area contributed by atoms with Crippen molar-refractivity contribution in [1.29, 1.82) is 0 Å². The molecule has 0 fully saturated rings. The molecule has 21 heavy (non-hydrogen) atoms. The molecule has 0 unspecified atom stereocenters. The van der Waals surface area contributed by atoms with Crippen molar-refractivity contribution >= 4 is 11.6 Å². The van der Waals surface area contributed by atoms with Gasteiger partial charge in [0.1, 0.15) is 5.75 Å². The van der Waals surface area contributed by atoms with Gasteiger partial charge in [-0.05, 0) is 41.8 Å². The molecule has 4 heteroatoms. The van der Waals surface area contributed by atoms with E-state index < -0.39 is 0 Å². The minimum Gasteiger partial charge on any atom is -0.506 e.